The van der Waals surface area contributed by atoms with E-state index >= 15 is 0 Å². The normalized spacial score (nSPS) is 12.1. The highest BCUT2D eigenvalue weighted by molar-refractivity contribution is 7.12. The van der Waals surface area contributed by atoms with Crippen molar-refractivity contribution < 1.29 is 9.53 Å². The largest absolute Gasteiger partial charge is 0.444 e. The molecule has 0 aliphatic heterocycles. The number of ether oxygens (including phenoxy) is 1. The van der Waals surface area contributed by atoms with Crippen molar-refractivity contribution in [2.24, 2.45) is 0 Å². The first kappa shape index (κ1) is 23.5. The summed E-state index contributed by atoms with van der Waals surface area (Å²) in [6.45, 7) is 5.18. The van der Waals surface area contributed by atoms with E-state index in [0.29, 0.717) is 13.1 Å². The Labute approximate surface area is 203 Å². The molecule has 3 nitrogen and oxygen atoms in total. The number of carbonyl (C=O) groups excluding carboxylic acids is 1. The van der Waals surface area contributed by atoms with E-state index in [0.717, 1.165) is 5.56 Å². The minimum Gasteiger partial charge on any atom is -0.444 e. The van der Waals surface area contributed by atoms with E-state index in [1.165, 1.54) is 15.6 Å². The quantitative estimate of drug-likeness (QED) is 0.273. The van der Waals surface area contributed by atoms with Gasteiger partial charge in [0.25, 0.3) is 0 Å². The molecule has 34 heavy (non-hydrogen) atoms. The van der Waals surface area contributed by atoms with Gasteiger partial charge in [0.15, 0.2) is 8.07 Å². The molecule has 4 aromatic rings. The predicted octanol–water partition coefficient (Wildman–Crippen LogP) is 4.92. The van der Waals surface area contributed by atoms with Gasteiger partial charge in [-0.2, -0.15) is 0 Å². The van der Waals surface area contributed by atoms with E-state index in [1.54, 1.807) is 4.90 Å². The Morgan fingerprint density at radius 2 is 1.00 bits per heavy atom. The fourth-order valence-electron chi connectivity index (χ4n) is 4.75. The third-order valence-electron chi connectivity index (χ3n) is 6.42. The first-order valence-corrected chi connectivity index (χ1v) is 14.0. The molecule has 4 heteroatoms. The van der Waals surface area contributed by atoms with Crippen LogP contribution in [0.15, 0.2) is 121 Å². The molecule has 0 aliphatic rings. The fraction of sp³-hybridized carbons (Fsp3) is 0.167. The lowest BCUT2D eigenvalue weighted by Gasteiger charge is -2.40. The third kappa shape index (κ3) is 4.55. The molecule has 0 heterocycles. The fourth-order valence-corrected chi connectivity index (χ4v) is 9.78. The van der Waals surface area contributed by atoms with Gasteiger partial charge >= 0.3 is 6.09 Å². The standard InChI is InChI=1S/C30H31NO2Si/c1-3-31(4-2)30(32)33-29(25-17-9-5-10-18-25)34(26-19-11-6-12-20-26,27-21-13-7-14-22-27)28-23-15-8-16-24-28/h5-24,29H,3-4H2,1-2H3. The number of amides is 1. The van der Waals surface area contributed by atoms with E-state index in [1.807, 2.05) is 50.2 Å². The van der Waals surface area contributed by atoms with Gasteiger partial charge in [-0.3, -0.25) is 0 Å². The lowest BCUT2D eigenvalue weighted by Crippen LogP contribution is -2.71. The van der Waals surface area contributed by atoms with Crippen molar-refractivity contribution in [1.82, 2.24) is 4.90 Å². The van der Waals surface area contributed by atoms with Gasteiger partial charge in [-0.05, 0) is 35.0 Å². The summed E-state index contributed by atoms with van der Waals surface area (Å²) in [6, 6.07) is 41.9. The zero-order valence-corrected chi connectivity index (χ0v) is 20.8. The smallest absolute Gasteiger partial charge is 0.410 e. The van der Waals surface area contributed by atoms with Crippen molar-refractivity contribution >= 4 is 29.7 Å². The molecule has 0 spiro atoms. The van der Waals surface area contributed by atoms with Crippen LogP contribution in [0.4, 0.5) is 4.79 Å². The van der Waals surface area contributed by atoms with Gasteiger partial charge < -0.3 is 9.64 Å². The number of carbonyl (C=O) groups is 1. The highest BCUT2D eigenvalue weighted by Gasteiger charge is 2.50. The van der Waals surface area contributed by atoms with Gasteiger partial charge in [0, 0.05) is 13.1 Å². The topological polar surface area (TPSA) is 29.5 Å². The summed E-state index contributed by atoms with van der Waals surface area (Å²) in [5.74, 6) is 0. The van der Waals surface area contributed by atoms with Crippen molar-refractivity contribution in [2.75, 3.05) is 13.1 Å². The maximum Gasteiger partial charge on any atom is 0.410 e. The van der Waals surface area contributed by atoms with Crippen molar-refractivity contribution in [2.45, 2.75) is 19.6 Å². The maximum absolute atomic E-state index is 13.5. The molecule has 172 valence electrons. The third-order valence-corrected chi connectivity index (χ3v) is 11.4. The molecular weight excluding hydrogens is 434 g/mol. The molecule has 0 radical (unpaired) electrons. The molecule has 4 aromatic carbocycles. The molecule has 4 rings (SSSR count). The Morgan fingerprint density at radius 1 is 0.647 bits per heavy atom. The lowest BCUT2D eigenvalue weighted by molar-refractivity contribution is 0.0915. The number of hydrogen-bond donors (Lipinski definition) is 0. The summed E-state index contributed by atoms with van der Waals surface area (Å²) in [6.07, 6.45) is -0.279. The zero-order chi connectivity index (χ0) is 23.8. The molecule has 0 saturated heterocycles. The average Bonchev–Trinajstić information content (AvgIpc) is 2.91. The van der Waals surface area contributed by atoms with E-state index < -0.39 is 13.8 Å². The second-order valence-electron chi connectivity index (χ2n) is 8.25. The van der Waals surface area contributed by atoms with Gasteiger partial charge in [0.05, 0.1) is 0 Å². The maximum atomic E-state index is 13.5. The molecule has 1 unspecified atom stereocenters. The minimum absolute atomic E-state index is 0.279. The molecule has 0 fully saturated rings. The Bertz CT molecular complexity index is 1070. The van der Waals surface area contributed by atoms with E-state index in [2.05, 4.69) is 84.9 Å². The molecule has 0 N–H and O–H groups in total. The van der Waals surface area contributed by atoms with Crippen molar-refractivity contribution in [3.05, 3.63) is 127 Å². The van der Waals surface area contributed by atoms with Crippen LogP contribution in [0.1, 0.15) is 25.1 Å². The number of hydrogen-bond acceptors (Lipinski definition) is 2. The molecule has 0 aromatic heterocycles. The van der Waals surface area contributed by atoms with Gasteiger partial charge in [0.1, 0.15) is 5.73 Å². The highest BCUT2D eigenvalue weighted by Crippen LogP contribution is 2.30. The summed E-state index contributed by atoms with van der Waals surface area (Å²) in [4.78, 5) is 15.2. The summed E-state index contributed by atoms with van der Waals surface area (Å²) < 4.78 is 6.56. The average molecular weight is 466 g/mol. The summed E-state index contributed by atoms with van der Waals surface area (Å²) in [5, 5.41) is 3.61. The number of benzene rings is 4. The Morgan fingerprint density at radius 3 is 1.35 bits per heavy atom. The van der Waals surface area contributed by atoms with Gasteiger partial charge in [-0.1, -0.05) is 121 Å². The van der Waals surface area contributed by atoms with Crippen molar-refractivity contribution in [3.8, 4) is 0 Å². The van der Waals surface area contributed by atoms with Crippen LogP contribution >= 0.6 is 0 Å². The Hall–Kier alpha value is -3.63. The first-order chi connectivity index (χ1) is 16.7. The number of nitrogens with zero attached hydrogens (tertiary/aromatic N) is 1. The van der Waals surface area contributed by atoms with Gasteiger partial charge in [-0.25, -0.2) is 4.79 Å². The minimum atomic E-state index is -2.90. The Balaban J connectivity index is 2.06. The molecular formula is C30H31NO2Si. The summed E-state index contributed by atoms with van der Waals surface area (Å²) in [7, 11) is -2.90. The second kappa shape index (κ2) is 11.0. The van der Waals surface area contributed by atoms with E-state index in [9.17, 15) is 4.79 Å². The van der Waals surface area contributed by atoms with Crippen LogP contribution < -0.4 is 15.6 Å². The first-order valence-electron chi connectivity index (χ1n) is 11.9. The van der Waals surface area contributed by atoms with E-state index in [-0.39, 0.29) is 6.09 Å². The van der Waals surface area contributed by atoms with Gasteiger partial charge in [0.2, 0.25) is 0 Å². The highest BCUT2D eigenvalue weighted by atomic mass is 28.3. The van der Waals surface area contributed by atoms with Crippen LogP contribution in [0.2, 0.25) is 0 Å². The van der Waals surface area contributed by atoms with Crippen molar-refractivity contribution in [1.29, 1.82) is 0 Å². The van der Waals surface area contributed by atoms with Crippen LogP contribution in [0, 0.1) is 0 Å². The van der Waals surface area contributed by atoms with Crippen LogP contribution in [0.5, 0.6) is 0 Å². The molecule has 1 amide bonds. The Kier molecular flexibility index (Phi) is 7.60. The summed E-state index contributed by atoms with van der Waals surface area (Å²) in [5.41, 5.74) is 0.556. The second-order valence-corrected chi connectivity index (χ2v) is 12.1. The summed E-state index contributed by atoms with van der Waals surface area (Å²) >= 11 is 0. The van der Waals surface area contributed by atoms with E-state index in [4.69, 9.17) is 4.74 Å². The zero-order valence-electron chi connectivity index (χ0n) is 19.8. The molecule has 1 atom stereocenters. The molecule has 0 bridgehead atoms. The van der Waals surface area contributed by atoms with Crippen LogP contribution in [0.3, 0.4) is 0 Å². The van der Waals surface area contributed by atoms with Crippen LogP contribution in [-0.4, -0.2) is 32.2 Å². The monoisotopic (exact) mass is 465 g/mol. The number of rotatable bonds is 8. The predicted molar refractivity (Wildman–Crippen MR) is 143 cm³/mol. The van der Waals surface area contributed by atoms with Crippen LogP contribution in [0.25, 0.3) is 0 Å². The molecule has 0 aliphatic carbocycles. The molecule has 0 saturated carbocycles. The van der Waals surface area contributed by atoms with Gasteiger partial charge in [-0.15, -0.1) is 0 Å². The van der Waals surface area contributed by atoms with Crippen LogP contribution in [-0.2, 0) is 4.74 Å². The van der Waals surface area contributed by atoms with Crippen molar-refractivity contribution in [3.63, 3.8) is 0 Å². The lowest BCUT2D eigenvalue weighted by atomic mass is 10.2. The SMILES string of the molecule is CCN(CC)C(=O)OC(c1ccccc1)[Si](c1ccccc1)(c1ccccc1)c1ccccc1.